The first-order valence-corrected chi connectivity index (χ1v) is 9.24. The molecule has 1 aromatic heterocycles. The monoisotopic (exact) mass is 431 g/mol. The Morgan fingerprint density at radius 2 is 2.09 bits per heavy atom. The van der Waals surface area contributed by atoms with Crippen molar-refractivity contribution in [3.8, 4) is 0 Å². The van der Waals surface area contributed by atoms with Crippen molar-refractivity contribution in [3.05, 3.63) is 34.0 Å². The second-order valence-corrected chi connectivity index (χ2v) is 7.65. The van der Waals surface area contributed by atoms with Gasteiger partial charge >= 0.3 is 0 Å². The van der Waals surface area contributed by atoms with E-state index in [4.69, 9.17) is 0 Å². The molecule has 1 aromatic carbocycles. The number of hydrogen-bond acceptors (Lipinski definition) is 6. The highest BCUT2D eigenvalue weighted by molar-refractivity contribution is 14.1. The summed E-state index contributed by atoms with van der Waals surface area (Å²) in [5, 5.41) is 6.22. The van der Waals surface area contributed by atoms with Gasteiger partial charge in [0.1, 0.15) is 5.82 Å². The molecule has 4 bridgehead atoms. The Labute approximate surface area is 142 Å². The quantitative estimate of drug-likeness (QED) is 0.552. The van der Waals surface area contributed by atoms with Crippen molar-refractivity contribution in [3.63, 3.8) is 0 Å². The molecule has 22 heavy (non-hydrogen) atoms. The zero-order valence-corrected chi connectivity index (χ0v) is 14.5. The first-order valence-electron chi connectivity index (χ1n) is 6.68. The maximum Gasteiger partial charge on any atom is 0.240 e. The van der Waals surface area contributed by atoms with Crippen LogP contribution in [0, 0.1) is 3.57 Å². The lowest BCUT2D eigenvalue weighted by Gasteiger charge is -2.09. The third-order valence-electron chi connectivity index (χ3n) is 3.08. The molecule has 116 valence electrons. The lowest BCUT2D eigenvalue weighted by atomic mass is 10.3. The van der Waals surface area contributed by atoms with Gasteiger partial charge in [0.25, 0.3) is 0 Å². The van der Waals surface area contributed by atoms with Crippen molar-refractivity contribution >= 4 is 50.1 Å². The maximum atomic E-state index is 12.2. The van der Waals surface area contributed by atoms with Crippen LogP contribution in [0.5, 0.6) is 0 Å². The molecule has 2 aromatic rings. The van der Waals surface area contributed by atoms with Crippen LogP contribution in [0.25, 0.3) is 0 Å². The van der Waals surface area contributed by atoms with E-state index in [1.54, 1.807) is 30.5 Å². The van der Waals surface area contributed by atoms with Crippen LogP contribution in [-0.4, -0.2) is 31.5 Å². The fraction of sp³-hybridized carbons (Fsp3) is 0.231. The van der Waals surface area contributed by atoms with Crippen LogP contribution in [0.15, 0.2) is 35.4 Å². The Balaban J connectivity index is 2.02. The zero-order valence-electron chi connectivity index (χ0n) is 11.5. The number of nitrogens with zero attached hydrogens (tertiary/aromatic N) is 2. The third-order valence-corrected chi connectivity index (χ3v) is 5.33. The van der Waals surface area contributed by atoms with Gasteiger partial charge < -0.3 is 10.6 Å². The highest BCUT2D eigenvalue weighted by Crippen LogP contribution is 2.21. The Morgan fingerprint density at radius 3 is 2.95 bits per heavy atom. The number of benzene rings is 1. The Hall–Kier alpha value is -1.46. The largest absolute Gasteiger partial charge is 0.369 e. The third kappa shape index (κ3) is 3.47. The molecule has 0 atom stereocenters. The highest BCUT2D eigenvalue weighted by atomic mass is 127. The first-order chi connectivity index (χ1) is 10.5. The topological polar surface area (TPSA) is 96.0 Å². The van der Waals surface area contributed by atoms with E-state index >= 15 is 0 Å². The van der Waals surface area contributed by atoms with Crippen LogP contribution >= 0.6 is 22.6 Å². The number of anilines is 3. The van der Waals surface area contributed by atoms with Gasteiger partial charge in [0, 0.05) is 25.0 Å². The SMILES string of the molecule is O=S1(=O)NCCCNc2nc(ncc2I)Nc2cccc1c2. The van der Waals surface area contributed by atoms with Crippen LogP contribution < -0.4 is 15.4 Å². The highest BCUT2D eigenvalue weighted by Gasteiger charge is 2.15. The fourth-order valence-corrected chi connectivity index (χ4v) is 3.58. The van der Waals surface area contributed by atoms with E-state index in [0.717, 1.165) is 9.39 Å². The molecule has 0 aliphatic carbocycles. The van der Waals surface area contributed by atoms with E-state index in [9.17, 15) is 8.42 Å². The summed E-state index contributed by atoms with van der Waals surface area (Å²) >= 11 is 2.16. The van der Waals surface area contributed by atoms with Crippen molar-refractivity contribution in [1.29, 1.82) is 0 Å². The summed E-state index contributed by atoms with van der Waals surface area (Å²) in [6, 6.07) is 6.58. The van der Waals surface area contributed by atoms with Gasteiger partial charge in [-0.2, -0.15) is 4.98 Å². The van der Waals surface area contributed by atoms with E-state index in [0.29, 0.717) is 31.1 Å². The molecule has 1 aliphatic heterocycles. The summed E-state index contributed by atoms with van der Waals surface area (Å²) in [5.41, 5.74) is 0.620. The molecule has 9 heteroatoms. The predicted molar refractivity (Wildman–Crippen MR) is 92.8 cm³/mol. The molecule has 0 amide bonds. The molecule has 0 saturated heterocycles. The van der Waals surface area contributed by atoms with Crippen LogP contribution in [0.2, 0.25) is 0 Å². The van der Waals surface area contributed by atoms with Crippen LogP contribution in [0.4, 0.5) is 17.5 Å². The summed E-state index contributed by atoms with van der Waals surface area (Å²) in [5.74, 6) is 1.15. The summed E-state index contributed by atoms with van der Waals surface area (Å²) in [6.07, 6.45) is 2.37. The van der Waals surface area contributed by atoms with Gasteiger partial charge in [-0.15, -0.1) is 0 Å². The molecule has 0 fully saturated rings. The minimum atomic E-state index is -3.50. The van der Waals surface area contributed by atoms with Crippen molar-refractivity contribution < 1.29 is 8.42 Å². The lowest BCUT2D eigenvalue weighted by molar-refractivity contribution is 0.580. The van der Waals surface area contributed by atoms with Gasteiger partial charge in [-0.3, -0.25) is 0 Å². The molecule has 3 rings (SSSR count). The summed E-state index contributed by atoms with van der Waals surface area (Å²) < 4.78 is 27.9. The van der Waals surface area contributed by atoms with E-state index < -0.39 is 10.0 Å². The first kappa shape index (κ1) is 15.4. The normalized spacial score (nSPS) is 17.1. The molecule has 1 aliphatic rings. The van der Waals surface area contributed by atoms with Gasteiger partial charge in [0.05, 0.1) is 8.47 Å². The average molecular weight is 431 g/mol. The minimum Gasteiger partial charge on any atom is -0.369 e. The van der Waals surface area contributed by atoms with Gasteiger partial charge in [0.2, 0.25) is 16.0 Å². The molecular formula is C13H14IN5O2S. The van der Waals surface area contributed by atoms with Gasteiger partial charge in [-0.05, 0) is 47.2 Å². The predicted octanol–water partition coefficient (Wildman–Crippen LogP) is 1.92. The molecule has 0 saturated carbocycles. The van der Waals surface area contributed by atoms with Crippen molar-refractivity contribution in [1.82, 2.24) is 14.7 Å². The number of nitrogens with one attached hydrogen (secondary N) is 3. The number of sulfonamides is 1. The summed E-state index contributed by atoms with van der Waals surface area (Å²) in [7, 11) is -3.50. The summed E-state index contributed by atoms with van der Waals surface area (Å²) in [6.45, 7) is 0.980. The van der Waals surface area contributed by atoms with E-state index in [1.807, 2.05) is 0 Å². The maximum absolute atomic E-state index is 12.2. The van der Waals surface area contributed by atoms with Crippen LogP contribution in [0.1, 0.15) is 6.42 Å². The van der Waals surface area contributed by atoms with E-state index in [1.165, 1.54) is 0 Å². The molecular weight excluding hydrogens is 417 g/mol. The van der Waals surface area contributed by atoms with Crippen LogP contribution in [-0.2, 0) is 10.0 Å². The fourth-order valence-electron chi connectivity index (χ4n) is 2.01. The van der Waals surface area contributed by atoms with Gasteiger partial charge in [0.15, 0.2) is 0 Å². The molecule has 7 nitrogen and oxygen atoms in total. The Bertz CT molecular complexity index is 797. The number of rotatable bonds is 0. The van der Waals surface area contributed by atoms with E-state index in [-0.39, 0.29) is 4.90 Å². The summed E-state index contributed by atoms with van der Waals surface area (Å²) in [4.78, 5) is 8.85. The molecule has 0 unspecified atom stereocenters. The van der Waals surface area contributed by atoms with Crippen molar-refractivity contribution in [2.45, 2.75) is 11.3 Å². The average Bonchev–Trinajstić information content (AvgIpc) is 2.50. The number of hydrogen-bond donors (Lipinski definition) is 3. The lowest BCUT2D eigenvalue weighted by Crippen LogP contribution is -2.26. The standard InChI is InChI=1S/C13H14IN5O2S/c14-11-8-16-13-18-9-3-1-4-10(7-9)22(20,21)17-6-2-5-15-12(11)19-13/h1,3-4,7-8,17H,2,5-6H2,(H2,15,16,18,19). The number of halogens is 1. The van der Waals surface area contributed by atoms with Crippen LogP contribution in [0.3, 0.4) is 0 Å². The Morgan fingerprint density at radius 1 is 1.23 bits per heavy atom. The van der Waals surface area contributed by atoms with Crippen molar-refractivity contribution in [2.75, 3.05) is 23.7 Å². The second-order valence-electron chi connectivity index (χ2n) is 4.72. The number of aromatic nitrogens is 2. The van der Waals surface area contributed by atoms with Gasteiger partial charge in [-0.25, -0.2) is 18.1 Å². The van der Waals surface area contributed by atoms with E-state index in [2.05, 4.69) is 47.9 Å². The molecule has 3 N–H and O–H groups in total. The zero-order chi connectivity index (χ0) is 15.6. The molecule has 2 heterocycles. The second kappa shape index (κ2) is 6.34. The molecule has 0 radical (unpaired) electrons. The Kier molecular flexibility index (Phi) is 4.45. The molecule has 0 spiro atoms. The van der Waals surface area contributed by atoms with Gasteiger partial charge in [-0.1, -0.05) is 6.07 Å². The smallest absolute Gasteiger partial charge is 0.240 e. The minimum absolute atomic E-state index is 0.218. The number of fused-ring (bicyclic) bond motifs is 4. The van der Waals surface area contributed by atoms with Crippen molar-refractivity contribution in [2.24, 2.45) is 0 Å².